The molecule has 1 saturated heterocycles. The molecule has 2 aromatic rings. The highest BCUT2D eigenvalue weighted by molar-refractivity contribution is 7.89. The molecule has 0 unspecified atom stereocenters. The van der Waals surface area contributed by atoms with Crippen LogP contribution in [-0.2, 0) is 21.0 Å². The van der Waals surface area contributed by atoms with E-state index in [0.29, 0.717) is 11.6 Å². The number of rotatable bonds is 6. The van der Waals surface area contributed by atoms with Gasteiger partial charge in [-0.2, -0.15) is 17.5 Å². The first-order valence-electron chi connectivity index (χ1n) is 10.5. The van der Waals surface area contributed by atoms with Crippen molar-refractivity contribution in [1.82, 2.24) is 14.5 Å². The van der Waals surface area contributed by atoms with Crippen LogP contribution in [0.2, 0.25) is 0 Å². The van der Waals surface area contributed by atoms with Crippen LogP contribution in [0.15, 0.2) is 53.4 Å². The summed E-state index contributed by atoms with van der Waals surface area (Å²) in [7, 11) is -4.14. The monoisotopic (exact) mass is 485 g/mol. The molecule has 1 amide bonds. The number of amides is 1. The lowest BCUT2D eigenvalue weighted by Crippen LogP contribution is -2.52. The maximum atomic E-state index is 13.4. The van der Waals surface area contributed by atoms with Crippen molar-refractivity contribution in [2.45, 2.75) is 36.0 Å². The molecule has 11 heteroatoms. The number of carbonyl (C=O) groups is 1. The lowest BCUT2D eigenvalue weighted by molar-refractivity contribution is -0.137. The SMILES string of the molecule is O=C(NC1CC1)[C@H](c1ccc(F)cc1)N1CCN(S(=O)(=O)c2cccc(C(F)(F)F)c2)CC1. The number of alkyl halides is 3. The Hall–Kier alpha value is -2.50. The number of nitrogens with one attached hydrogen (secondary N) is 1. The smallest absolute Gasteiger partial charge is 0.352 e. The fourth-order valence-corrected chi connectivity index (χ4v) is 5.33. The fraction of sp³-hybridized carbons (Fsp3) is 0.409. The third-order valence-corrected chi connectivity index (χ3v) is 7.69. The molecule has 0 radical (unpaired) electrons. The zero-order chi connectivity index (χ0) is 23.8. The van der Waals surface area contributed by atoms with Gasteiger partial charge in [0, 0.05) is 32.2 Å². The van der Waals surface area contributed by atoms with E-state index in [9.17, 15) is 30.8 Å². The van der Waals surface area contributed by atoms with Gasteiger partial charge in [0.15, 0.2) is 0 Å². The van der Waals surface area contributed by atoms with Crippen LogP contribution in [-0.4, -0.2) is 55.8 Å². The Morgan fingerprint density at radius 3 is 2.21 bits per heavy atom. The molecule has 0 spiro atoms. The van der Waals surface area contributed by atoms with Gasteiger partial charge in [-0.15, -0.1) is 0 Å². The van der Waals surface area contributed by atoms with Crippen molar-refractivity contribution in [3.63, 3.8) is 0 Å². The molecule has 2 fully saturated rings. The van der Waals surface area contributed by atoms with Gasteiger partial charge in [0.2, 0.25) is 15.9 Å². The average Bonchev–Trinajstić information content (AvgIpc) is 3.59. The van der Waals surface area contributed by atoms with Gasteiger partial charge in [-0.05, 0) is 48.7 Å². The normalized spacial score (nSPS) is 19.3. The Morgan fingerprint density at radius 1 is 1.00 bits per heavy atom. The zero-order valence-electron chi connectivity index (χ0n) is 17.6. The van der Waals surface area contributed by atoms with Gasteiger partial charge in [-0.3, -0.25) is 9.69 Å². The number of hydrogen-bond acceptors (Lipinski definition) is 4. The summed E-state index contributed by atoms with van der Waals surface area (Å²) in [5.74, 6) is -0.671. The van der Waals surface area contributed by atoms with Crippen LogP contribution in [0, 0.1) is 5.82 Å². The maximum absolute atomic E-state index is 13.4. The summed E-state index contributed by atoms with van der Waals surface area (Å²) in [6.07, 6.45) is -2.86. The van der Waals surface area contributed by atoms with Gasteiger partial charge in [-0.1, -0.05) is 18.2 Å². The molecule has 1 saturated carbocycles. The van der Waals surface area contributed by atoms with Gasteiger partial charge in [0.05, 0.1) is 10.5 Å². The Bertz CT molecular complexity index is 1110. The Balaban J connectivity index is 1.51. The standard InChI is InChI=1S/C22H23F4N3O3S/c23-17-6-4-15(5-7-17)20(21(30)27-18-8-9-18)28-10-12-29(13-11-28)33(31,32)19-3-1-2-16(14-19)22(24,25)26/h1-7,14,18,20H,8-13H2,(H,27,30)/t20-/m0/s1. The molecular formula is C22H23F4N3O3S. The number of halogens is 4. The van der Waals surface area contributed by atoms with Crippen molar-refractivity contribution in [3.8, 4) is 0 Å². The Labute approximate surface area is 189 Å². The van der Waals surface area contributed by atoms with Gasteiger partial charge in [-0.25, -0.2) is 12.8 Å². The number of hydrogen-bond donors (Lipinski definition) is 1. The van der Waals surface area contributed by atoms with Gasteiger partial charge in [0.25, 0.3) is 0 Å². The summed E-state index contributed by atoms with van der Waals surface area (Å²) in [5.41, 5.74) is -0.445. The summed E-state index contributed by atoms with van der Waals surface area (Å²) in [5, 5.41) is 2.94. The molecule has 178 valence electrons. The van der Waals surface area contributed by atoms with Crippen LogP contribution in [0.5, 0.6) is 0 Å². The first-order chi connectivity index (χ1) is 15.6. The minimum Gasteiger partial charge on any atom is -0.352 e. The molecule has 2 aliphatic rings. The molecule has 6 nitrogen and oxygen atoms in total. The van der Waals surface area contributed by atoms with Crippen molar-refractivity contribution in [1.29, 1.82) is 0 Å². The summed E-state index contributed by atoms with van der Waals surface area (Å²) in [6.45, 7) is 0.399. The lowest BCUT2D eigenvalue weighted by Gasteiger charge is -2.38. The summed E-state index contributed by atoms with van der Waals surface area (Å²) < 4.78 is 79.5. The highest BCUT2D eigenvalue weighted by Gasteiger charge is 2.37. The average molecular weight is 486 g/mol. The van der Waals surface area contributed by atoms with E-state index in [4.69, 9.17) is 0 Å². The van der Waals surface area contributed by atoms with Crippen LogP contribution < -0.4 is 5.32 Å². The molecule has 0 bridgehead atoms. The van der Waals surface area contributed by atoms with E-state index in [1.54, 1.807) is 0 Å². The molecule has 1 aliphatic carbocycles. The first kappa shape index (κ1) is 23.7. The molecule has 2 aromatic carbocycles. The van der Waals surface area contributed by atoms with Crippen molar-refractivity contribution in [2.75, 3.05) is 26.2 Å². The van der Waals surface area contributed by atoms with Gasteiger partial charge in [0.1, 0.15) is 11.9 Å². The molecule has 33 heavy (non-hydrogen) atoms. The zero-order valence-corrected chi connectivity index (χ0v) is 18.4. The Kier molecular flexibility index (Phi) is 6.47. The summed E-state index contributed by atoms with van der Waals surface area (Å²) >= 11 is 0. The van der Waals surface area contributed by atoms with Crippen molar-refractivity contribution < 1.29 is 30.8 Å². The van der Waals surface area contributed by atoms with E-state index < -0.39 is 38.5 Å². The van der Waals surface area contributed by atoms with Crippen molar-refractivity contribution in [3.05, 3.63) is 65.5 Å². The third-order valence-electron chi connectivity index (χ3n) is 5.80. The highest BCUT2D eigenvalue weighted by atomic mass is 32.2. The molecule has 1 N–H and O–H groups in total. The predicted octanol–water partition coefficient (Wildman–Crippen LogP) is 3.17. The summed E-state index contributed by atoms with van der Waals surface area (Å²) in [4.78, 5) is 14.3. The Morgan fingerprint density at radius 2 is 1.64 bits per heavy atom. The molecule has 1 atom stereocenters. The molecular weight excluding hydrogens is 462 g/mol. The van der Waals surface area contributed by atoms with E-state index in [-0.39, 0.29) is 38.1 Å². The highest BCUT2D eigenvalue weighted by Crippen LogP contribution is 2.32. The number of sulfonamides is 1. The summed E-state index contributed by atoms with van der Waals surface area (Å²) in [6, 6.07) is 8.64. The van der Waals surface area contributed by atoms with E-state index in [1.807, 2.05) is 4.90 Å². The van der Waals surface area contributed by atoms with E-state index >= 15 is 0 Å². The number of piperazine rings is 1. The second kappa shape index (κ2) is 9.03. The van der Waals surface area contributed by atoms with Crippen LogP contribution >= 0.6 is 0 Å². The van der Waals surface area contributed by atoms with Crippen molar-refractivity contribution in [2.24, 2.45) is 0 Å². The minimum absolute atomic E-state index is 0.00693. The second-order valence-electron chi connectivity index (χ2n) is 8.20. The topological polar surface area (TPSA) is 69.7 Å². The molecule has 1 heterocycles. The van der Waals surface area contributed by atoms with E-state index in [1.165, 1.54) is 24.3 Å². The van der Waals surface area contributed by atoms with Crippen LogP contribution in [0.3, 0.4) is 0 Å². The number of carbonyl (C=O) groups excluding carboxylic acids is 1. The maximum Gasteiger partial charge on any atom is 0.416 e. The number of nitrogens with zero attached hydrogens (tertiary/aromatic N) is 2. The predicted molar refractivity (Wildman–Crippen MR) is 112 cm³/mol. The minimum atomic E-state index is -4.65. The fourth-order valence-electron chi connectivity index (χ4n) is 3.86. The van der Waals surface area contributed by atoms with Crippen LogP contribution in [0.1, 0.15) is 30.0 Å². The molecule has 4 rings (SSSR count). The quantitative estimate of drug-likeness (QED) is 0.639. The third kappa shape index (κ3) is 5.36. The molecule has 0 aromatic heterocycles. The first-order valence-corrected chi connectivity index (χ1v) is 12.0. The van der Waals surface area contributed by atoms with E-state index in [0.717, 1.165) is 35.3 Å². The van der Waals surface area contributed by atoms with E-state index in [2.05, 4.69) is 5.32 Å². The number of benzene rings is 2. The van der Waals surface area contributed by atoms with Crippen LogP contribution in [0.25, 0.3) is 0 Å². The lowest BCUT2D eigenvalue weighted by atomic mass is 10.0. The van der Waals surface area contributed by atoms with Crippen molar-refractivity contribution >= 4 is 15.9 Å². The van der Waals surface area contributed by atoms with Crippen LogP contribution in [0.4, 0.5) is 17.6 Å². The second-order valence-corrected chi connectivity index (χ2v) is 10.1. The van der Waals surface area contributed by atoms with Gasteiger partial charge >= 0.3 is 6.18 Å². The largest absolute Gasteiger partial charge is 0.416 e. The van der Waals surface area contributed by atoms with Gasteiger partial charge < -0.3 is 5.32 Å². The molecule has 1 aliphatic heterocycles.